The summed E-state index contributed by atoms with van der Waals surface area (Å²) in [6.07, 6.45) is 6.22. The molecule has 1 amide bonds. The highest BCUT2D eigenvalue weighted by Gasteiger charge is 2.21. The summed E-state index contributed by atoms with van der Waals surface area (Å²) in [5.74, 6) is 0.580. The number of para-hydroxylation sites is 1. The summed E-state index contributed by atoms with van der Waals surface area (Å²) in [4.78, 5) is 31.0. The van der Waals surface area contributed by atoms with Crippen molar-refractivity contribution in [1.29, 1.82) is 0 Å². The van der Waals surface area contributed by atoms with Gasteiger partial charge in [-0.25, -0.2) is 4.79 Å². The molecular formula is C28H29N3O4. The van der Waals surface area contributed by atoms with E-state index in [2.05, 4.69) is 21.4 Å². The van der Waals surface area contributed by atoms with Crippen LogP contribution in [0.5, 0.6) is 5.75 Å². The van der Waals surface area contributed by atoms with Crippen molar-refractivity contribution in [2.75, 3.05) is 6.61 Å². The van der Waals surface area contributed by atoms with Crippen molar-refractivity contribution >= 4 is 23.3 Å². The van der Waals surface area contributed by atoms with Crippen molar-refractivity contribution in [1.82, 2.24) is 15.3 Å². The SMILES string of the molecule is CC(C)(C)OC(=O)NC(COc1cncc(-c2ccc(C=O)cc2)c1)Cc1c[nH]c2ccccc12. The Hall–Kier alpha value is -4.13. The minimum atomic E-state index is -0.603. The molecule has 0 spiro atoms. The molecule has 180 valence electrons. The highest BCUT2D eigenvalue weighted by molar-refractivity contribution is 5.83. The van der Waals surface area contributed by atoms with Crippen LogP contribution in [0.15, 0.2) is 73.2 Å². The predicted molar refractivity (Wildman–Crippen MR) is 136 cm³/mol. The van der Waals surface area contributed by atoms with Gasteiger partial charge in [-0.3, -0.25) is 9.78 Å². The molecule has 0 radical (unpaired) electrons. The number of aldehydes is 1. The van der Waals surface area contributed by atoms with Crippen LogP contribution < -0.4 is 10.1 Å². The lowest BCUT2D eigenvalue weighted by Crippen LogP contribution is -2.43. The largest absolute Gasteiger partial charge is 0.490 e. The maximum absolute atomic E-state index is 12.5. The van der Waals surface area contributed by atoms with E-state index < -0.39 is 11.7 Å². The Morgan fingerprint density at radius 3 is 2.60 bits per heavy atom. The van der Waals surface area contributed by atoms with E-state index in [0.29, 0.717) is 17.7 Å². The van der Waals surface area contributed by atoms with E-state index in [1.54, 1.807) is 24.5 Å². The van der Waals surface area contributed by atoms with Crippen LogP contribution in [0.25, 0.3) is 22.0 Å². The van der Waals surface area contributed by atoms with Crippen LogP contribution in [0.3, 0.4) is 0 Å². The second-order valence-electron chi connectivity index (χ2n) is 9.37. The number of aromatic nitrogens is 2. The third kappa shape index (κ3) is 6.47. The number of pyridine rings is 1. The summed E-state index contributed by atoms with van der Waals surface area (Å²) in [5, 5.41) is 4.05. The lowest BCUT2D eigenvalue weighted by atomic mass is 10.1. The number of rotatable bonds is 8. The maximum Gasteiger partial charge on any atom is 0.408 e. The first kappa shape index (κ1) is 24.0. The molecule has 0 saturated heterocycles. The van der Waals surface area contributed by atoms with Gasteiger partial charge in [-0.1, -0.05) is 42.5 Å². The van der Waals surface area contributed by atoms with Crippen LogP contribution in [0.1, 0.15) is 36.7 Å². The number of aromatic amines is 1. The average Bonchev–Trinajstić information content (AvgIpc) is 3.24. The number of hydrogen-bond donors (Lipinski definition) is 2. The van der Waals surface area contributed by atoms with E-state index >= 15 is 0 Å². The van der Waals surface area contributed by atoms with Crippen molar-refractivity contribution in [3.63, 3.8) is 0 Å². The van der Waals surface area contributed by atoms with Gasteiger partial charge in [-0.15, -0.1) is 0 Å². The van der Waals surface area contributed by atoms with Crippen LogP contribution >= 0.6 is 0 Å². The summed E-state index contributed by atoms with van der Waals surface area (Å²) >= 11 is 0. The Morgan fingerprint density at radius 2 is 1.86 bits per heavy atom. The second-order valence-corrected chi connectivity index (χ2v) is 9.37. The minimum absolute atomic E-state index is 0.230. The monoisotopic (exact) mass is 471 g/mol. The van der Waals surface area contributed by atoms with Gasteiger partial charge in [0.25, 0.3) is 0 Å². The first-order chi connectivity index (χ1) is 16.8. The van der Waals surface area contributed by atoms with Gasteiger partial charge in [0.2, 0.25) is 0 Å². The van der Waals surface area contributed by atoms with Gasteiger partial charge < -0.3 is 19.8 Å². The third-order valence-corrected chi connectivity index (χ3v) is 5.41. The predicted octanol–water partition coefficient (Wildman–Crippen LogP) is 5.56. The highest BCUT2D eigenvalue weighted by Crippen LogP contribution is 2.24. The number of alkyl carbamates (subject to hydrolysis) is 1. The van der Waals surface area contributed by atoms with Gasteiger partial charge in [-0.05, 0) is 50.5 Å². The molecule has 4 aromatic rings. The van der Waals surface area contributed by atoms with Gasteiger partial charge in [0, 0.05) is 34.4 Å². The quantitative estimate of drug-likeness (QED) is 0.328. The molecular weight excluding hydrogens is 442 g/mol. The van der Waals surface area contributed by atoms with E-state index in [0.717, 1.165) is 33.9 Å². The number of nitrogens with one attached hydrogen (secondary N) is 2. The van der Waals surface area contributed by atoms with Crippen LogP contribution in [-0.2, 0) is 11.2 Å². The van der Waals surface area contributed by atoms with Crippen molar-refractivity contribution < 1.29 is 19.1 Å². The summed E-state index contributed by atoms with van der Waals surface area (Å²) in [6, 6.07) is 16.9. The van der Waals surface area contributed by atoms with Crippen LogP contribution in [0, 0.1) is 0 Å². The fourth-order valence-electron chi connectivity index (χ4n) is 3.80. The summed E-state index contributed by atoms with van der Waals surface area (Å²) < 4.78 is 11.5. The molecule has 4 rings (SSSR count). The van der Waals surface area contributed by atoms with Crippen molar-refractivity contribution in [3.05, 3.63) is 84.3 Å². The topological polar surface area (TPSA) is 93.3 Å². The lowest BCUT2D eigenvalue weighted by molar-refractivity contribution is 0.0487. The number of hydrogen-bond acceptors (Lipinski definition) is 5. The maximum atomic E-state index is 12.5. The highest BCUT2D eigenvalue weighted by atomic mass is 16.6. The Kier molecular flexibility index (Phi) is 7.15. The zero-order valence-corrected chi connectivity index (χ0v) is 20.1. The van der Waals surface area contributed by atoms with Crippen LogP contribution in [0.4, 0.5) is 4.79 Å². The van der Waals surface area contributed by atoms with Gasteiger partial charge in [0.15, 0.2) is 0 Å². The van der Waals surface area contributed by atoms with E-state index in [4.69, 9.17) is 9.47 Å². The zero-order valence-electron chi connectivity index (χ0n) is 20.1. The van der Waals surface area contributed by atoms with Crippen molar-refractivity contribution in [3.8, 4) is 16.9 Å². The Balaban J connectivity index is 1.50. The molecule has 0 aliphatic carbocycles. The Bertz CT molecular complexity index is 1310. The minimum Gasteiger partial charge on any atom is -0.490 e. The summed E-state index contributed by atoms with van der Waals surface area (Å²) in [5.41, 5.74) is 3.92. The van der Waals surface area contributed by atoms with E-state index in [9.17, 15) is 9.59 Å². The molecule has 1 unspecified atom stereocenters. The number of carbonyl (C=O) groups is 2. The molecule has 7 heteroatoms. The first-order valence-corrected chi connectivity index (χ1v) is 11.5. The summed E-state index contributed by atoms with van der Waals surface area (Å²) in [6.45, 7) is 5.72. The standard InChI is InChI=1S/C28H29N3O4/c1-28(2,3)35-27(33)31-23(12-22-15-30-26-7-5-4-6-25(22)26)18-34-24-13-21(14-29-16-24)20-10-8-19(17-32)9-11-20/h4-11,13-17,23,30H,12,18H2,1-3H3,(H,31,33). The van der Waals surface area contributed by atoms with Gasteiger partial charge in [0.05, 0.1) is 12.2 Å². The molecule has 2 aromatic carbocycles. The second kappa shape index (κ2) is 10.4. The smallest absolute Gasteiger partial charge is 0.408 e. The number of amides is 1. The molecule has 0 aliphatic rings. The fourth-order valence-corrected chi connectivity index (χ4v) is 3.80. The van der Waals surface area contributed by atoms with E-state index in [1.807, 2.05) is 63.4 Å². The lowest BCUT2D eigenvalue weighted by Gasteiger charge is -2.24. The van der Waals surface area contributed by atoms with Crippen molar-refractivity contribution in [2.24, 2.45) is 0 Å². The molecule has 0 aliphatic heterocycles. The van der Waals surface area contributed by atoms with Crippen LogP contribution in [0.2, 0.25) is 0 Å². The molecule has 0 bridgehead atoms. The number of nitrogens with zero attached hydrogens (tertiary/aromatic N) is 1. The number of benzene rings is 2. The molecule has 0 saturated carbocycles. The van der Waals surface area contributed by atoms with E-state index in [-0.39, 0.29) is 12.6 Å². The van der Waals surface area contributed by atoms with Gasteiger partial charge >= 0.3 is 6.09 Å². The van der Waals surface area contributed by atoms with Crippen molar-refractivity contribution in [2.45, 2.75) is 38.8 Å². The van der Waals surface area contributed by atoms with E-state index in [1.165, 1.54) is 0 Å². The molecule has 2 heterocycles. The molecule has 2 aromatic heterocycles. The molecule has 1 atom stereocenters. The number of fused-ring (bicyclic) bond motifs is 1. The number of ether oxygens (including phenoxy) is 2. The molecule has 2 N–H and O–H groups in total. The third-order valence-electron chi connectivity index (χ3n) is 5.41. The molecule has 35 heavy (non-hydrogen) atoms. The Labute approximate surface area is 204 Å². The molecule has 0 fully saturated rings. The first-order valence-electron chi connectivity index (χ1n) is 11.5. The van der Waals surface area contributed by atoms with Gasteiger partial charge in [-0.2, -0.15) is 0 Å². The van der Waals surface area contributed by atoms with Gasteiger partial charge in [0.1, 0.15) is 24.2 Å². The molecule has 7 nitrogen and oxygen atoms in total. The Morgan fingerprint density at radius 1 is 1.09 bits per heavy atom. The normalized spacial score (nSPS) is 12.2. The summed E-state index contributed by atoms with van der Waals surface area (Å²) in [7, 11) is 0. The van der Waals surface area contributed by atoms with Crippen LogP contribution in [-0.4, -0.2) is 40.6 Å². The number of H-pyrrole nitrogens is 1. The fraction of sp³-hybridized carbons (Fsp3) is 0.250. The number of carbonyl (C=O) groups excluding carboxylic acids is 2. The average molecular weight is 472 g/mol. The zero-order chi connectivity index (χ0) is 24.8.